The summed E-state index contributed by atoms with van der Waals surface area (Å²) < 4.78 is 12.9. The maximum Gasteiger partial charge on any atom is 0.234 e. The zero-order valence-corrected chi connectivity index (χ0v) is 16.6. The summed E-state index contributed by atoms with van der Waals surface area (Å²) in [5, 5.41) is 15.4. The second-order valence-corrected chi connectivity index (χ2v) is 7.46. The Morgan fingerprint density at radius 2 is 1.89 bits per heavy atom. The second kappa shape index (κ2) is 9.52. The number of nitrogens with zero attached hydrogens (tertiary/aromatic N) is 2. The molecule has 3 rings (SSSR count). The van der Waals surface area contributed by atoms with Gasteiger partial charge in [-0.25, -0.2) is 4.39 Å². The van der Waals surface area contributed by atoms with E-state index in [-0.39, 0.29) is 17.5 Å². The number of rotatable bonds is 7. The molecule has 1 heterocycles. The van der Waals surface area contributed by atoms with E-state index in [1.807, 2.05) is 13.0 Å². The molecule has 0 aliphatic rings. The zero-order chi connectivity index (χ0) is 19.9. The smallest absolute Gasteiger partial charge is 0.234 e. The molecule has 0 aliphatic carbocycles. The van der Waals surface area contributed by atoms with Gasteiger partial charge in [-0.15, -0.1) is 10.2 Å². The van der Waals surface area contributed by atoms with E-state index in [9.17, 15) is 9.18 Å². The summed E-state index contributed by atoms with van der Waals surface area (Å²) in [5.41, 5.74) is 2.58. The molecule has 0 atom stereocenters. The first-order valence-electron chi connectivity index (χ1n) is 8.50. The number of halogens is 2. The third kappa shape index (κ3) is 5.94. The van der Waals surface area contributed by atoms with E-state index in [2.05, 4.69) is 20.8 Å². The lowest BCUT2D eigenvalue weighted by Crippen LogP contribution is -2.15. The molecule has 8 heteroatoms. The fraction of sp³-hybridized carbons (Fsp3) is 0.150. The Labute approximate surface area is 171 Å². The van der Waals surface area contributed by atoms with Gasteiger partial charge in [-0.05, 0) is 54.4 Å². The number of hydrogen-bond acceptors (Lipinski definition) is 5. The van der Waals surface area contributed by atoms with Crippen molar-refractivity contribution in [3.63, 3.8) is 0 Å². The molecular formula is C20H18ClFN4OS. The number of hydrogen-bond donors (Lipinski definition) is 2. The van der Waals surface area contributed by atoms with Crippen LogP contribution in [-0.2, 0) is 11.3 Å². The monoisotopic (exact) mass is 416 g/mol. The van der Waals surface area contributed by atoms with Crippen molar-refractivity contribution in [3.05, 3.63) is 76.6 Å². The lowest BCUT2D eigenvalue weighted by molar-refractivity contribution is -0.113. The molecule has 1 aromatic heterocycles. The molecule has 0 aliphatic heterocycles. The molecule has 0 bridgehead atoms. The van der Waals surface area contributed by atoms with Gasteiger partial charge in [-0.3, -0.25) is 4.79 Å². The average molecular weight is 417 g/mol. The Balaban J connectivity index is 1.48. The predicted molar refractivity (Wildman–Crippen MR) is 111 cm³/mol. The van der Waals surface area contributed by atoms with Crippen LogP contribution in [0.2, 0.25) is 5.02 Å². The van der Waals surface area contributed by atoms with E-state index in [1.54, 1.807) is 36.4 Å². The van der Waals surface area contributed by atoms with Crippen LogP contribution in [0.1, 0.15) is 11.1 Å². The number of thioether (sulfide) groups is 1. The minimum absolute atomic E-state index is 0.143. The minimum Gasteiger partial charge on any atom is -0.365 e. The van der Waals surface area contributed by atoms with Crippen LogP contribution in [0.4, 0.5) is 15.9 Å². The molecule has 3 aromatic rings. The maximum atomic E-state index is 12.9. The lowest BCUT2D eigenvalue weighted by Gasteiger charge is -2.09. The number of carbonyl (C=O) groups is 1. The largest absolute Gasteiger partial charge is 0.365 e. The Hall–Kier alpha value is -2.64. The highest BCUT2D eigenvalue weighted by Crippen LogP contribution is 2.21. The molecule has 0 unspecified atom stereocenters. The average Bonchev–Trinajstić information content (AvgIpc) is 2.69. The number of carbonyl (C=O) groups excluding carboxylic acids is 1. The quantitative estimate of drug-likeness (QED) is 0.535. The van der Waals surface area contributed by atoms with Gasteiger partial charge < -0.3 is 10.6 Å². The minimum atomic E-state index is -0.264. The molecule has 0 saturated heterocycles. The highest BCUT2D eigenvalue weighted by molar-refractivity contribution is 7.99. The molecule has 0 radical (unpaired) electrons. The van der Waals surface area contributed by atoms with Crippen molar-refractivity contribution >= 4 is 40.8 Å². The topological polar surface area (TPSA) is 66.9 Å². The third-order valence-corrected chi connectivity index (χ3v) is 5.01. The summed E-state index contributed by atoms with van der Waals surface area (Å²) >= 11 is 7.26. The second-order valence-electron chi connectivity index (χ2n) is 6.03. The molecule has 2 aromatic carbocycles. The van der Waals surface area contributed by atoms with Crippen molar-refractivity contribution in [2.45, 2.75) is 18.5 Å². The van der Waals surface area contributed by atoms with Gasteiger partial charge in [0, 0.05) is 17.3 Å². The van der Waals surface area contributed by atoms with Crippen molar-refractivity contribution in [2.24, 2.45) is 0 Å². The zero-order valence-electron chi connectivity index (χ0n) is 15.1. The summed E-state index contributed by atoms with van der Waals surface area (Å²) in [6.45, 7) is 2.42. The molecule has 0 fully saturated rings. The van der Waals surface area contributed by atoms with E-state index < -0.39 is 0 Å². The normalized spacial score (nSPS) is 10.5. The standard InChI is InChI=1S/C20H18ClFN4OS/c1-13-2-5-15(21)10-17(13)24-19(27)12-28-20-9-8-18(25-26-20)23-11-14-3-6-16(22)7-4-14/h2-10H,11-12H2,1H3,(H,23,25)(H,24,27). The van der Waals surface area contributed by atoms with Crippen LogP contribution in [0, 0.1) is 12.7 Å². The van der Waals surface area contributed by atoms with E-state index in [1.165, 1.54) is 23.9 Å². The van der Waals surface area contributed by atoms with Crippen LogP contribution in [0.25, 0.3) is 0 Å². The summed E-state index contributed by atoms with van der Waals surface area (Å²) in [7, 11) is 0. The Bertz CT molecular complexity index is 951. The van der Waals surface area contributed by atoms with Crippen molar-refractivity contribution in [1.29, 1.82) is 0 Å². The van der Waals surface area contributed by atoms with Crippen LogP contribution in [-0.4, -0.2) is 21.9 Å². The van der Waals surface area contributed by atoms with Crippen molar-refractivity contribution in [1.82, 2.24) is 10.2 Å². The molecular weight excluding hydrogens is 399 g/mol. The number of anilines is 2. The lowest BCUT2D eigenvalue weighted by atomic mass is 10.2. The van der Waals surface area contributed by atoms with E-state index >= 15 is 0 Å². The number of amides is 1. The van der Waals surface area contributed by atoms with Gasteiger partial charge in [0.05, 0.1) is 5.75 Å². The number of benzene rings is 2. The maximum absolute atomic E-state index is 12.9. The number of nitrogens with one attached hydrogen (secondary N) is 2. The van der Waals surface area contributed by atoms with Gasteiger partial charge in [0.2, 0.25) is 5.91 Å². The fourth-order valence-corrected chi connectivity index (χ4v) is 3.13. The van der Waals surface area contributed by atoms with Crippen molar-refractivity contribution in [3.8, 4) is 0 Å². The summed E-state index contributed by atoms with van der Waals surface area (Å²) in [6, 6.07) is 15.2. The molecule has 144 valence electrons. The fourth-order valence-electron chi connectivity index (χ4n) is 2.34. The van der Waals surface area contributed by atoms with Gasteiger partial charge in [0.25, 0.3) is 0 Å². The van der Waals surface area contributed by atoms with Gasteiger partial charge in [0.1, 0.15) is 16.7 Å². The predicted octanol–water partition coefficient (Wildman–Crippen LogP) is 4.92. The summed E-state index contributed by atoms with van der Waals surface area (Å²) in [6.07, 6.45) is 0. The first kappa shape index (κ1) is 20.1. The SMILES string of the molecule is Cc1ccc(Cl)cc1NC(=O)CSc1ccc(NCc2ccc(F)cc2)nn1. The van der Waals surface area contributed by atoms with E-state index in [0.29, 0.717) is 28.1 Å². The summed E-state index contributed by atoms with van der Waals surface area (Å²) in [5.74, 6) is 0.408. The van der Waals surface area contributed by atoms with Crippen LogP contribution in [0.15, 0.2) is 59.6 Å². The van der Waals surface area contributed by atoms with Gasteiger partial charge in [-0.2, -0.15) is 0 Å². The van der Waals surface area contributed by atoms with Crippen LogP contribution < -0.4 is 10.6 Å². The summed E-state index contributed by atoms with van der Waals surface area (Å²) in [4.78, 5) is 12.1. The Kier molecular flexibility index (Phi) is 6.84. The van der Waals surface area contributed by atoms with Crippen LogP contribution >= 0.6 is 23.4 Å². The van der Waals surface area contributed by atoms with Crippen molar-refractivity contribution < 1.29 is 9.18 Å². The van der Waals surface area contributed by atoms with Gasteiger partial charge >= 0.3 is 0 Å². The van der Waals surface area contributed by atoms with Gasteiger partial charge in [-0.1, -0.05) is 41.6 Å². The van der Waals surface area contributed by atoms with Gasteiger partial charge in [0.15, 0.2) is 0 Å². The van der Waals surface area contributed by atoms with Crippen LogP contribution in [0.5, 0.6) is 0 Å². The number of aromatic nitrogens is 2. The van der Waals surface area contributed by atoms with Crippen LogP contribution in [0.3, 0.4) is 0 Å². The number of aryl methyl sites for hydroxylation is 1. The molecule has 2 N–H and O–H groups in total. The third-order valence-electron chi connectivity index (χ3n) is 3.85. The first-order valence-corrected chi connectivity index (χ1v) is 9.87. The molecule has 5 nitrogen and oxygen atoms in total. The first-order chi connectivity index (χ1) is 13.5. The highest BCUT2D eigenvalue weighted by atomic mass is 35.5. The molecule has 28 heavy (non-hydrogen) atoms. The molecule has 1 amide bonds. The van der Waals surface area contributed by atoms with E-state index in [0.717, 1.165) is 11.1 Å². The highest BCUT2D eigenvalue weighted by Gasteiger charge is 2.08. The molecule has 0 saturated carbocycles. The Morgan fingerprint density at radius 3 is 2.61 bits per heavy atom. The molecule has 0 spiro atoms. The van der Waals surface area contributed by atoms with Crippen molar-refractivity contribution in [2.75, 3.05) is 16.4 Å². The van der Waals surface area contributed by atoms with E-state index in [4.69, 9.17) is 11.6 Å². The Morgan fingerprint density at radius 1 is 1.11 bits per heavy atom.